The molecule has 4 rings (SSSR count). The Balaban J connectivity index is 1.66. The van der Waals surface area contributed by atoms with E-state index in [0.717, 1.165) is 56.7 Å². The van der Waals surface area contributed by atoms with Crippen LogP contribution in [0.15, 0.2) is 60.7 Å². The second-order valence-electron chi connectivity index (χ2n) is 7.66. The van der Waals surface area contributed by atoms with Gasteiger partial charge < -0.3 is 15.2 Å². The third-order valence-corrected chi connectivity index (χ3v) is 6.58. The lowest BCUT2D eigenvalue weighted by molar-refractivity contribution is 0.0697. The Bertz CT molecular complexity index is 1280. The van der Waals surface area contributed by atoms with Crippen molar-refractivity contribution in [3.05, 3.63) is 77.5 Å². The van der Waals surface area contributed by atoms with Crippen LogP contribution >= 0.6 is 11.3 Å². The van der Waals surface area contributed by atoms with Gasteiger partial charge in [-0.3, -0.25) is 0 Å². The zero-order valence-electron chi connectivity index (χ0n) is 19.5. The van der Waals surface area contributed by atoms with Crippen LogP contribution in [0.2, 0.25) is 0 Å². The molecule has 0 radical (unpaired) electrons. The third kappa shape index (κ3) is 5.10. The lowest BCUT2D eigenvalue weighted by atomic mass is 10.1. The van der Waals surface area contributed by atoms with Crippen LogP contribution in [0.3, 0.4) is 0 Å². The van der Waals surface area contributed by atoms with Crippen molar-refractivity contribution in [1.29, 1.82) is 0 Å². The number of rotatable bonds is 9. The summed E-state index contributed by atoms with van der Waals surface area (Å²) in [4.78, 5) is 23.0. The van der Waals surface area contributed by atoms with E-state index in [4.69, 9.17) is 19.8 Å². The Morgan fingerprint density at radius 1 is 0.912 bits per heavy atom. The molecule has 0 aliphatic carbocycles. The molecule has 2 N–H and O–H groups in total. The normalized spacial score (nSPS) is 10.8. The Hall–Kier alpha value is -3.71. The molecule has 0 fully saturated rings. The van der Waals surface area contributed by atoms with Crippen molar-refractivity contribution in [2.45, 2.75) is 33.6 Å². The van der Waals surface area contributed by atoms with E-state index >= 15 is 0 Å². The predicted molar refractivity (Wildman–Crippen MR) is 137 cm³/mol. The van der Waals surface area contributed by atoms with Crippen molar-refractivity contribution in [2.75, 3.05) is 11.9 Å². The number of anilines is 2. The summed E-state index contributed by atoms with van der Waals surface area (Å²) in [5.74, 6) is 1.35. The molecule has 2 heterocycles. The van der Waals surface area contributed by atoms with E-state index in [1.54, 1.807) is 35.6 Å². The summed E-state index contributed by atoms with van der Waals surface area (Å²) in [6.45, 7) is 6.80. The van der Waals surface area contributed by atoms with E-state index in [0.29, 0.717) is 12.4 Å². The minimum Gasteiger partial charge on any atom is -0.494 e. The van der Waals surface area contributed by atoms with Crippen LogP contribution in [0.25, 0.3) is 21.1 Å². The van der Waals surface area contributed by atoms with Gasteiger partial charge in [-0.1, -0.05) is 13.8 Å². The van der Waals surface area contributed by atoms with Gasteiger partial charge in [-0.15, -0.1) is 11.3 Å². The molecule has 0 saturated carbocycles. The molecule has 0 unspecified atom stereocenters. The van der Waals surface area contributed by atoms with Crippen molar-refractivity contribution >= 4 is 28.8 Å². The van der Waals surface area contributed by atoms with Crippen LogP contribution < -0.4 is 10.1 Å². The highest BCUT2D eigenvalue weighted by atomic mass is 32.1. The largest absolute Gasteiger partial charge is 0.494 e. The first-order valence-electron chi connectivity index (χ1n) is 11.4. The van der Waals surface area contributed by atoms with Gasteiger partial charge in [0.25, 0.3) is 0 Å². The maximum absolute atomic E-state index is 11.2. The van der Waals surface area contributed by atoms with Crippen LogP contribution in [0, 0.1) is 0 Å². The summed E-state index contributed by atoms with van der Waals surface area (Å²) in [5, 5.41) is 12.5. The van der Waals surface area contributed by atoms with Crippen molar-refractivity contribution in [1.82, 2.24) is 9.97 Å². The van der Waals surface area contributed by atoms with E-state index in [1.165, 1.54) is 0 Å². The van der Waals surface area contributed by atoms with Gasteiger partial charge in [-0.05, 0) is 86.0 Å². The number of aryl methyl sites for hydroxylation is 1. The van der Waals surface area contributed by atoms with Crippen molar-refractivity contribution in [2.24, 2.45) is 0 Å². The zero-order valence-corrected chi connectivity index (χ0v) is 20.3. The fraction of sp³-hybridized carbons (Fsp3) is 0.222. The predicted octanol–water partition coefficient (Wildman–Crippen LogP) is 6.84. The highest BCUT2D eigenvalue weighted by Crippen LogP contribution is 2.35. The topological polar surface area (TPSA) is 84.3 Å². The van der Waals surface area contributed by atoms with Gasteiger partial charge in [-0.2, -0.15) is 0 Å². The summed E-state index contributed by atoms with van der Waals surface area (Å²) in [5.41, 5.74) is 4.23. The monoisotopic (exact) mass is 473 g/mol. The number of aromatic carboxylic acids is 1. The molecule has 0 aliphatic rings. The van der Waals surface area contributed by atoms with Gasteiger partial charge in [0.1, 0.15) is 11.6 Å². The van der Waals surface area contributed by atoms with Gasteiger partial charge in [-0.25, -0.2) is 14.8 Å². The summed E-state index contributed by atoms with van der Waals surface area (Å²) in [7, 11) is 0. The maximum Gasteiger partial charge on any atom is 0.335 e. The molecule has 0 saturated heterocycles. The third-order valence-electron chi connectivity index (χ3n) is 5.45. The molecule has 2 aromatic carbocycles. The fourth-order valence-electron chi connectivity index (χ4n) is 3.74. The number of nitrogens with one attached hydrogen (secondary N) is 1. The van der Waals surface area contributed by atoms with Crippen molar-refractivity contribution in [3.8, 4) is 26.9 Å². The molecule has 6 nitrogen and oxygen atoms in total. The number of carbonyl (C=O) groups is 1. The zero-order chi connectivity index (χ0) is 24.1. The maximum atomic E-state index is 11.2. The van der Waals surface area contributed by atoms with E-state index < -0.39 is 5.97 Å². The number of carboxylic acid groups (broad SMARTS) is 1. The van der Waals surface area contributed by atoms with Crippen LogP contribution in [-0.2, 0) is 12.8 Å². The first-order chi connectivity index (χ1) is 16.5. The van der Waals surface area contributed by atoms with E-state index in [-0.39, 0.29) is 5.56 Å². The summed E-state index contributed by atoms with van der Waals surface area (Å²) in [6, 6.07) is 18.9. The van der Waals surface area contributed by atoms with Crippen LogP contribution in [0.5, 0.6) is 5.75 Å². The number of carboxylic acids is 1. The number of ether oxygens (including phenoxy) is 1. The molecule has 0 aliphatic heterocycles. The average Bonchev–Trinajstić information content (AvgIpc) is 3.35. The first kappa shape index (κ1) is 23.4. The molecule has 34 heavy (non-hydrogen) atoms. The molecular formula is C27H27N3O3S. The number of benzene rings is 2. The van der Waals surface area contributed by atoms with E-state index in [1.807, 2.05) is 19.1 Å². The van der Waals surface area contributed by atoms with Crippen LogP contribution in [0.1, 0.15) is 42.4 Å². The molecule has 0 amide bonds. The van der Waals surface area contributed by atoms with Crippen molar-refractivity contribution in [3.63, 3.8) is 0 Å². The number of hydrogen-bond acceptors (Lipinski definition) is 6. The molecule has 7 heteroatoms. The SMILES string of the molecule is CCOc1ccc(-c2ccc(-c3nc(CC)c(CC)c(Nc4ccc(C(=O)O)cc4)n3)s2)cc1. The number of thiophene rings is 1. The summed E-state index contributed by atoms with van der Waals surface area (Å²) >= 11 is 1.65. The molecule has 4 aromatic rings. The van der Waals surface area contributed by atoms with Gasteiger partial charge in [0.05, 0.1) is 17.0 Å². The average molecular weight is 474 g/mol. The second kappa shape index (κ2) is 10.5. The van der Waals surface area contributed by atoms with Gasteiger partial charge in [0, 0.05) is 21.8 Å². The molecule has 0 bridgehead atoms. The molecule has 0 spiro atoms. The number of aromatic nitrogens is 2. The minimum absolute atomic E-state index is 0.249. The Kier molecular flexibility index (Phi) is 7.23. The highest BCUT2D eigenvalue weighted by molar-refractivity contribution is 7.18. The fourth-order valence-corrected chi connectivity index (χ4v) is 4.68. The number of nitrogens with zero attached hydrogens (tertiary/aromatic N) is 2. The van der Waals surface area contributed by atoms with Crippen LogP contribution in [0.4, 0.5) is 11.5 Å². The molecule has 0 atom stereocenters. The van der Waals surface area contributed by atoms with Gasteiger partial charge in [0.2, 0.25) is 0 Å². The number of hydrogen-bond donors (Lipinski definition) is 2. The van der Waals surface area contributed by atoms with E-state index in [9.17, 15) is 4.79 Å². The second-order valence-corrected chi connectivity index (χ2v) is 8.74. The lowest BCUT2D eigenvalue weighted by Gasteiger charge is -2.15. The Morgan fingerprint density at radius 3 is 2.24 bits per heavy atom. The van der Waals surface area contributed by atoms with E-state index in [2.05, 4.69) is 43.4 Å². The summed E-state index contributed by atoms with van der Waals surface area (Å²) in [6.07, 6.45) is 1.59. The summed E-state index contributed by atoms with van der Waals surface area (Å²) < 4.78 is 5.55. The Morgan fingerprint density at radius 2 is 1.62 bits per heavy atom. The molecular weight excluding hydrogens is 446 g/mol. The smallest absolute Gasteiger partial charge is 0.335 e. The van der Waals surface area contributed by atoms with Crippen LogP contribution in [-0.4, -0.2) is 27.7 Å². The Labute approximate surface area is 203 Å². The van der Waals surface area contributed by atoms with Crippen molar-refractivity contribution < 1.29 is 14.6 Å². The highest BCUT2D eigenvalue weighted by Gasteiger charge is 2.16. The standard InChI is InChI=1S/C27H27N3O3S/c1-4-21-22(5-2)29-26(30-25(21)28-19-11-7-18(8-12-19)27(31)32)24-16-15-23(34-24)17-9-13-20(14-10-17)33-6-3/h7-16H,4-6H2,1-3H3,(H,31,32)(H,28,29,30). The molecule has 174 valence electrons. The quantitative estimate of drug-likeness (QED) is 0.277. The first-order valence-corrected chi connectivity index (χ1v) is 12.2. The lowest BCUT2D eigenvalue weighted by Crippen LogP contribution is -2.07. The van der Waals surface area contributed by atoms with Gasteiger partial charge in [0.15, 0.2) is 5.82 Å². The minimum atomic E-state index is -0.945. The van der Waals surface area contributed by atoms with Gasteiger partial charge >= 0.3 is 5.97 Å². The molecule has 2 aromatic heterocycles.